The SMILES string of the molecule is CCCNC(CCN(CCC)C(C)C)c1cccc(Br)c1. The van der Waals surface area contributed by atoms with Crippen LogP contribution in [0.5, 0.6) is 0 Å². The molecule has 1 atom stereocenters. The van der Waals surface area contributed by atoms with Crippen LogP contribution >= 0.6 is 15.9 Å². The van der Waals surface area contributed by atoms with Crippen molar-refractivity contribution in [3.8, 4) is 0 Å². The fourth-order valence-electron chi connectivity index (χ4n) is 2.64. The molecule has 21 heavy (non-hydrogen) atoms. The smallest absolute Gasteiger partial charge is 0.0332 e. The Balaban J connectivity index is 2.69. The van der Waals surface area contributed by atoms with Gasteiger partial charge >= 0.3 is 0 Å². The Morgan fingerprint density at radius 2 is 1.90 bits per heavy atom. The van der Waals surface area contributed by atoms with Gasteiger partial charge in [0.1, 0.15) is 0 Å². The van der Waals surface area contributed by atoms with Crippen molar-refractivity contribution in [2.24, 2.45) is 0 Å². The van der Waals surface area contributed by atoms with Gasteiger partial charge in [0.05, 0.1) is 0 Å². The molecule has 0 aliphatic heterocycles. The van der Waals surface area contributed by atoms with Gasteiger partial charge < -0.3 is 10.2 Å². The molecule has 2 nitrogen and oxygen atoms in total. The van der Waals surface area contributed by atoms with E-state index in [1.165, 1.54) is 24.9 Å². The van der Waals surface area contributed by atoms with Crippen molar-refractivity contribution in [1.29, 1.82) is 0 Å². The van der Waals surface area contributed by atoms with Gasteiger partial charge in [0.15, 0.2) is 0 Å². The van der Waals surface area contributed by atoms with E-state index >= 15 is 0 Å². The molecule has 1 aromatic carbocycles. The third-order valence-corrected chi connectivity index (χ3v) is 4.33. The molecule has 1 rings (SSSR count). The minimum atomic E-state index is 0.445. The third kappa shape index (κ3) is 6.94. The van der Waals surface area contributed by atoms with Gasteiger partial charge in [-0.2, -0.15) is 0 Å². The predicted octanol–water partition coefficient (Wildman–Crippen LogP) is 5.00. The van der Waals surface area contributed by atoms with Crippen molar-refractivity contribution in [3.63, 3.8) is 0 Å². The molecule has 0 bridgehead atoms. The van der Waals surface area contributed by atoms with Crippen LogP contribution in [-0.4, -0.2) is 30.6 Å². The Morgan fingerprint density at radius 3 is 2.48 bits per heavy atom. The van der Waals surface area contributed by atoms with Crippen LogP contribution in [0.1, 0.15) is 58.6 Å². The van der Waals surface area contributed by atoms with Crippen LogP contribution in [0.3, 0.4) is 0 Å². The van der Waals surface area contributed by atoms with Crippen molar-refractivity contribution < 1.29 is 0 Å². The van der Waals surface area contributed by atoms with Crippen LogP contribution in [-0.2, 0) is 0 Å². The van der Waals surface area contributed by atoms with E-state index in [1.54, 1.807) is 0 Å². The highest BCUT2D eigenvalue weighted by Gasteiger charge is 2.14. The van der Waals surface area contributed by atoms with E-state index in [-0.39, 0.29) is 0 Å². The van der Waals surface area contributed by atoms with Crippen molar-refractivity contribution in [1.82, 2.24) is 10.2 Å². The fourth-order valence-corrected chi connectivity index (χ4v) is 3.06. The van der Waals surface area contributed by atoms with Gasteiger partial charge in [-0.05, 0) is 63.9 Å². The number of nitrogens with zero attached hydrogens (tertiary/aromatic N) is 1. The van der Waals surface area contributed by atoms with Gasteiger partial charge in [0.2, 0.25) is 0 Å². The quantitative estimate of drug-likeness (QED) is 0.635. The summed E-state index contributed by atoms with van der Waals surface area (Å²) in [5.74, 6) is 0. The highest BCUT2D eigenvalue weighted by atomic mass is 79.9. The van der Waals surface area contributed by atoms with Crippen LogP contribution in [0.25, 0.3) is 0 Å². The molecule has 0 amide bonds. The Hall–Kier alpha value is -0.380. The summed E-state index contributed by atoms with van der Waals surface area (Å²) in [5.41, 5.74) is 1.39. The second kappa shape index (κ2) is 10.4. The summed E-state index contributed by atoms with van der Waals surface area (Å²) in [6, 6.07) is 9.77. The van der Waals surface area contributed by atoms with Crippen LogP contribution in [0.2, 0.25) is 0 Å². The highest BCUT2D eigenvalue weighted by molar-refractivity contribution is 9.10. The van der Waals surface area contributed by atoms with Crippen molar-refractivity contribution in [2.75, 3.05) is 19.6 Å². The zero-order chi connectivity index (χ0) is 15.7. The normalized spacial score (nSPS) is 13.1. The van der Waals surface area contributed by atoms with Gasteiger partial charge in [-0.25, -0.2) is 0 Å². The lowest BCUT2D eigenvalue weighted by Crippen LogP contribution is -2.35. The molecule has 0 heterocycles. The lowest BCUT2D eigenvalue weighted by molar-refractivity contribution is 0.209. The second-order valence-corrected chi connectivity index (χ2v) is 6.90. The molecular formula is C18H31BrN2. The fraction of sp³-hybridized carbons (Fsp3) is 0.667. The molecule has 1 aromatic rings. The third-order valence-electron chi connectivity index (χ3n) is 3.84. The van der Waals surface area contributed by atoms with Gasteiger partial charge in [-0.15, -0.1) is 0 Å². The largest absolute Gasteiger partial charge is 0.310 e. The average Bonchev–Trinajstić information content (AvgIpc) is 2.45. The maximum Gasteiger partial charge on any atom is 0.0332 e. The van der Waals surface area contributed by atoms with E-state index in [4.69, 9.17) is 0 Å². The number of halogens is 1. The Labute approximate surface area is 139 Å². The number of benzene rings is 1. The van der Waals surface area contributed by atoms with E-state index in [2.05, 4.69) is 78.1 Å². The monoisotopic (exact) mass is 354 g/mol. The molecular weight excluding hydrogens is 324 g/mol. The number of hydrogen-bond donors (Lipinski definition) is 1. The summed E-state index contributed by atoms with van der Waals surface area (Å²) in [5, 5.41) is 3.70. The molecule has 1 unspecified atom stereocenters. The molecule has 1 N–H and O–H groups in total. The van der Waals surface area contributed by atoms with E-state index in [0.717, 1.165) is 24.0 Å². The van der Waals surface area contributed by atoms with E-state index in [9.17, 15) is 0 Å². The number of nitrogens with one attached hydrogen (secondary N) is 1. The van der Waals surface area contributed by atoms with Crippen LogP contribution in [0.4, 0.5) is 0 Å². The summed E-state index contributed by atoms with van der Waals surface area (Å²) >= 11 is 3.59. The van der Waals surface area contributed by atoms with Crippen molar-refractivity contribution >= 4 is 15.9 Å². The molecule has 3 heteroatoms. The van der Waals surface area contributed by atoms with E-state index < -0.39 is 0 Å². The molecule has 0 aliphatic rings. The summed E-state index contributed by atoms with van der Waals surface area (Å²) < 4.78 is 1.16. The first-order valence-electron chi connectivity index (χ1n) is 8.31. The van der Waals surface area contributed by atoms with Gasteiger partial charge in [0.25, 0.3) is 0 Å². The van der Waals surface area contributed by atoms with Crippen LogP contribution in [0.15, 0.2) is 28.7 Å². The molecule has 0 fully saturated rings. The summed E-state index contributed by atoms with van der Waals surface area (Å²) in [4.78, 5) is 2.58. The predicted molar refractivity (Wildman–Crippen MR) is 96.8 cm³/mol. The summed E-state index contributed by atoms with van der Waals surface area (Å²) in [6.45, 7) is 12.5. The van der Waals surface area contributed by atoms with E-state index in [1.807, 2.05) is 0 Å². The number of hydrogen-bond acceptors (Lipinski definition) is 2. The lowest BCUT2D eigenvalue weighted by Gasteiger charge is -2.28. The molecule has 0 aromatic heterocycles. The van der Waals surface area contributed by atoms with Crippen molar-refractivity contribution in [3.05, 3.63) is 34.3 Å². The lowest BCUT2D eigenvalue weighted by atomic mass is 10.0. The van der Waals surface area contributed by atoms with Gasteiger partial charge in [0, 0.05) is 23.1 Å². The summed E-state index contributed by atoms with van der Waals surface area (Å²) in [6.07, 6.45) is 3.56. The minimum Gasteiger partial charge on any atom is -0.310 e. The van der Waals surface area contributed by atoms with Crippen molar-refractivity contribution in [2.45, 2.75) is 59.0 Å². The number of rotatable bonds is 10. The Kier molecular flexibility index (Phi) is 9.21. The first-order valence-corrected chi connectivity index (χ1v) is 9.10. The standard InChI is InChI=1S/C18H31BrN2/c1-5-11-20-18(16-8-7-9-17(19)14-16)10-13-21(12-6-2)15(3)4/h7-9,14-15,18,20H,5-6,10-13H2,1-4H3. The molecule has 0 spiro atoms. The van der Waals surface area contributed by atoms with Gasteiger partial charge in [-0.1, -0.05) is 41.9 Å². The Morgan fingerprint density at radius 1 is 1.14 bits per heavy atom. The van der Waals surface area contributed by atoms with Gasteiger partial charge in [-0.3, -0.25) is 0 Å². The molecule has 0 radical (unpaired) electrons. The second-order valence-electron chi connectivity index (χ2n) is 5.98. The first-order chi connectivity index (χ1) is 10.1. The molecule has 0 saturated heterocycles. The van der Waals surface area contributed by atoms with E-state index in [0.29, 0.717) is 12.1 Å². The molecule has 120 valence electrons. The maximum absolute atomic E-state index is 3.70. The average molecular weight is 355 g/mol. The molecule has 0 aliphatic carbocycles. The minimum absolute atomic E-state index is 0.445. The topological polar surface area (TPSA) is 15.3 Å². The Bertz CT molecular complexity index is 393. The summed E-state index contributed by atoms with van der Waals surface area (Å²) in [7, 11) is 0. The zero-order valence-corrected chi connectivity index (χ0v) is 15.6. The van der Waals surface area contributed by atoms with Crippen LogP contribution < -0.4 is 5.32 Å². The highest BCUT2D eigenvalue weighted by Crippen LogP contribution is 2.21. The zero-order valence-electron chi connectivity index (χ0n) is 14.0. The maximum atomic E-state index is 3.70. The first kappa shape index (κ1) is 18.7. The van der Waals surface area contributed by atoms with Crippen LogP contribution in [0, 0.1) is 0 Å². The molecule has 0 saturated carbocycles.